The van der Waals surface area contributed by atoms with Crippen molar-refractivity contribution in [3.63, 3.8) is 0 Å². The molecule has 3 heterocycles. The van der Waals surface area contributed by atoms with E-state index in [-0.39, 0.29) is 36.0 Å². The summed E-state index contributed by atoms with van der Waals surface area (Å²) in [5, 5.41) is 8.90. The third-order valence-corrected chi connectivity index (χ3v) is 10.7. The van der Waals surface area contributed by atoms with Crippen molar-refractivity contribution < 1.29 is 33.4 Å². The van der Waals surface area contributed by atoms with Gasteiger partial charge in [-0.15, -0.1) is 0 Å². The van der Waals surface area contributed by atoms with E-state index >= 15 is 0 Å². The van der Waals surface area contributed by atoms with Crippen molar-refractivity contribution in [2.75, 3.05) is 39.5 Å². The number of Topliss-reactive ketones (excluding diaryl/α,β-unsaturated/α-hetero) is 1. The van der Waals surface area contributed by atoms with E-state index in [1.807, 2.05) is 81.4 Å². The molecule has 12 heteroatoms. The van der Waals surface area contributed by atoms with Crippen LogP contribution in [-0.2, 0) is 46.3 Å². The van der Waals surface area contributed by atoms with Gasteiger partial charge in [-0.05, 0) is 76.0 Å². The Morgan fingerprint density at radius 2 is 1.54 bits per heavy atom. The molecule has 0 bridgehead atoms. The van der Waals surface area contributed by atoms with E-state index in [1.54, 1.807) is 11.8 Å². The van der Waals surface area contributed by atoms with Crippen LogP contribution >= 0.6 is 0 Å². The van der Waals surface area contributed by atoms with Gasteiger partial charge >= 0.3 is 0 Å². The van der Waals surface area contributed by atoms with Crippen LogP contribution in [0.2, 0.25) is 0 Å². The Morgan fingerprint density at radius 1 is 0.889 bits per heavy atom. The molecule has 0 aromatic heterocycles. The lowest BCUT2D eigenvalue weighted by Crippen LogP contribution is -2.57. The normalized spacial score (nSPS) is 23.1. The summed E-state index contributed by atoms with van der Waals surface area (Å²) in [5.74, 6) is -1.46. The number of nitrogens with one attached hydrogen (secondary N) is 3. The first-order valence-corrected chi connectivity index (χ1v) is 19.7. The van der Waals surface area contributed by atoms with E-state index in [2.05, 4.69) is 20.9 Å². The van der Waals surface area contributed by atoms with Gasteiger partial charge in [0.1, 0.15) is 23.7 Å². The van der Waals surface area contributed by atoms with Crippen LogP contribution in [0.1, 0.15) is 77.3 Å². The van der Waals surface area contributed by atoms with E-state index in [1.165, 1.54) is 0 Å². The molecule has 4 unspecified atom stereocenters. The second kappa shape index (κ2) is 19.5. The van der Waals surface area contributed by atoms with Gasteiger partial charge in [0.05, 0.1) is 25.9 Å². The number of hydrogen-bond acceptors (Lipinski definition) is 8. The van der Waals surface area contributed by atoms with Crippen molar-refractivity contribution in [2.45, 2.75) is 115 Å². The predicted molar refractivity (Wildman–Crippen MR) is 205 cm³/mol. The predicted octanol–water partition coefficient (Wildman–Crippen LogP) is 3.21. The summed E-state index contributed by atoms with van der Waals surface area (Å²) in [4.78, 5) is 72.8. The number of unbranched alkanes of at least 4 members (excludes halogenated alkanes) is 1. The number of amides is 4. The molecule has 6 atom stereocenters. The van der Waals surface area contributed by atoms with Crippen LogP contribution < -0.4 is 16.0 Å². The minimum absolute atomic E-state index is 0.131. The molecule has 0 saturated carbocycles. The SMILES string of the molecule is CC(C)CC(NC(=O)[C@H](Cc1ccccc1)N1C(=O)C(NC(=O)[C@H](CCc2ccccc2)NC(=O)CCCCN2CCOCC2)CC1C)C(=O)C1(C)CO1. The van der Waals surface area contributed by atoms with Gasteiger partial charge in [-0.25, -0.2) is 0 Å². The summed E-state index contributed by atoms with van der Waals surface area (Å²) in [6.45, 7) is 12.1. The Hall–Kier alpha value is -4.13. The van der Waals surface area contributed by atoms with Crippen molar-refractivity contribution in [3.8, 4) is 0 Å². The molecule has 294 valence electrons. The zero-order chi connectivity index (χ0) is 38.7. The summed E-state index contributed by atoms with van der Waals surface area (Å²) >= 11 is 0. The first-order valence-electron chi connectivity index (χ1n) is 19.7. The molecule has 3 aliphatic rings. The summed E-state index contributed by atoms with van der Waals surface area (Å²) in [7, 11) is 0. The third-order valence-electron chi connectivity index (χ3n) is 10.7. The van der Waals surface area contributed by atoms with Gasteiger partial charge in [-0.1, -0.05) is 74.5 Å². The standard InChI is InChI=1S/C42H59N5O7/c1-29(2)25-34(38(49)42(4)28-54-42)44-40(51)36(27-32-15-9-6-10-16-32)47-30(3)26-35(41(47)52)45-39(50)33(19-18-31-13-7-5-8-14-31)43-37(48)17-11-12-20-46-21-23-53-24-22-46/h5-10,13-16,29-30,33-36H,11-12,17-28H2,1-4H3,(H,43,48)(H,44,51)(H,45,50)/t30?,33-,34?,35?,36-,42?/m0/s1. The van der Waals surface area contributed by atoms with E-state index < -0.39 is 41.6 Å². The number of epoxide rings is 1. The molecule has 3 fully saturated rings. The number of carbonyl (C=O) groups is 5. The fraction of sp³-hybridized carbons (Fsp3) is 0.595. The highest BCUT2D eigenvalue weighted by atomic mass is 16.6. The molecule has 2 aromatic carbocycles. The second-order valence-corrected chi connectivity index (χ2v) is 15.7. The quantitative estimate of drug-likeness (QED) is 0.138. The lowest BCUT2D eigenvalue weighted by Gasteiger charge is -2.33. The van der Waals surface area contributed by atoms with E-state index in [0.29, 0.717) is 45.1 Å². The summed E-state index contributed by atoms with van der Waals surface area (Å²) in [6, 6.07) is 15.5. The highest BCUT2D eigenvalue weighted by molar-refractivity contribution is 5.99. The number of ether oxygens (including phenoxy) is 2. The maximum absolute atomic E-state index is 14.2. The lowest BCUT2D eigenvalue weighted by atomic mass is 9.92. The number of benzene rings is 2. The molecular weight excluding hydrogens is 686 g/mol. The first kappa shape index (κ1) is 41.0. The Morgan fingerprint density at radius 3 is 2.17 bits per heavy atom. The molecule has 3 aliphatic heterocycles. The summed E-state index contributed by atoms with van der Waals surface area (Å²) in [6.07, 6.45) is 3.77. The zero-order valence-electron chi connectivity index (χ0n) is 32.4. The molecule has 3 N–H and O–H groups in total. The molecule has 0 radical (unpaired) electrons. The van der Waals surface area contributed by atoms with Gasteiger partial charge in [0, 0.05) is 32.0 Å². The van der Waals surface area contributed by atoms with Crippen LogP contribution in [0.4, 0.5) is 0 Å². The molecule has 4 amide bonds. The molecular formula is C42H59N5O7. The van der Waals surface area contributed by atoms with Gasteiger partial charge in [-0.2, -0.15) is 0 Å². The molecule has 0 aliphatic carbocycles. The van der Waals surface area contributed by atoms with Crippen molar-refractivity contribution in [2.24, 2.45) is 5.92 Å². The number of likely N-dealkylation sites (tertiary alicyclic amines) is 1. The lowest BCUT2D eigenvalue weighted by molar-refractivity contribution is -0.142. The number of rotatable bonds is 20. The summed E-state index contributed by atoms with van der Waals surface area (Å²) in [5.41, 5.74) is 0.990. The highest BCUT2D eigenvalue weighted by Gasteiger charge is 2.51. The van der Waals surface area contributed by atoms with Crippen molar-refractivity contribution >= 4 is 29.4 Å². The van der Waals surface area contributed by atoms with Crippen LogP contribution in [-0.4, -0.2) is 114 Å². The first-order chi connectivity index (χ1) is 25.9. The Labute approximate surface area is 320 Å². The monoisotopic (exact) mass is 745 g/mol. The number of carbonyl (C=O) groups excluding carboxylic acids is 5. The Kier molecular flexibility index (Phi) is 14.8. The van der Waals surface area contributed by atoms with Crippen molar-refractivity contribution in [1.29, 1.82) is 0 Å². The largest absolute Gasteiger partial charge is 0.379 e. The molecule has 0 spiro atoms. The molecule has 54 heavy (non-hydrogen) atoms. The Balaban J connectivity index is 1.26. The minimum atomic E-state index is -0.918. The molecule has 12 nitrogen and oxygen atoms in total. The smallest absolute Gasteiger partial charge is 0.246 e. The van der Waals surface area contributed by atoms with Crippen LogP contribution in [0.5, 0.6) is 0 Å². The maximum Gasteiger partial charge on any atom is 0.246 e. The number of morpholine rings is 1. The van der Waals surface area contributed by atoms with Gasteiger partial charge in [-0.3, -0.25) is 28.9 Å². The van der Waals surface area contributed by atoms with E-state index in [9.17, 15) is 24.0 Å². The minimum Gasteiger partial charge on any atom is -0.379 e. The molecule has 5 rings (SSSR count). The average molecular weight is 746 g/mol. The molecule has 3 saturated heterocycles. The number of nitrogens with zero attached hydrogens (tertiary/aromatic N) is 2. The fourth-order valence-electron chi connectivity index (χ4n) is 7.49. The van der Waals surface area contributed by atoms with Gasteiger partial charge in [0.15, 0.2) is 5.78 Å². The highest BCUT2D eigenvalue weighted by Crippen LogP contribution is 2.30. The second-order valence-electron chi connectivity index (χ2n) is 15.7. The van der Waals surface area contributed by atoms with Gasteiger partial charge < -0.3 is 30.3 Å². The Bertz CT molecular complexity index is 1560. The number of hydrogen-bond donors (Lipinski definition) is 3. The van der Waals surface area contributed by atoms with Gasteiger partial charge in [0.2, 0.25) is 23.6 Å². The third kappa shape index (κ3) is 11.7. The van der Waals surface area contributed by atoms with Crippen LogP contribution in [0, 0.1) is 5.92 Å². The van der Waals surface area contributed by atoms with Crippen LogP contribution in [0.3, 0.4) is 0 Å². The van der Waals surface area contributed by atoms with E-state index in [0.717, 1.165) is 50.4 Å². The van der Waals surface area contributed by atoms with Gasteiger partial charge in [0.25, 0.3) is 0 Å². The van der Waals surface area contributed by atoms with Crippen LogP contribution in [0.25, 0.3) is 0 Å². The zero-order valence-corrected chi connectivity index (χ0v) is 32.4. The van der Waals surface area contributed by atoms with Crippen molar-refractivity contribution in [1.82, 2.24) is 25.8 Å². The molecule has 2 aromatic rings. The van der Waals surface area contributed by atoms with E-state index in [4.69, 9.17) is 9.47 Å². The summed E-state index contributed by atoms with van der Waals surface area (Å²) < 4.78 is 10.9. The number of aryl methyl sites for hydroxylation is 1. The topological polar surface area (TPSA) is 150 Å². The maximum atomic E-state index is 14.2. The fourth-order valence-corrected chi connectivity index (χ4v) is 7.49. The average Bonchev–Trinajstić information content (AvgIpc) is 3.86. The number of ketones is 1. The van der Waals surface area contributed by atoms with Crippen LogP contribution in [0.15, 0.2) is 60.7 Å². The van der Waals surface area contributed by atoms with Crippen molar-refractivity contribution in [3.05, 3.63) is 71.8 Å².